The topological polar surface area (TPSA) is 115 Å². The number of nitrogens with zero attached hydrogens (tertiary/aromatic N) is 3. The van der Waals surface area contributed by atoms with Gasteiger partial charge in [0, 0.05) is 12.8 Å². The van der Waals surface area contributed by atoms with Crippen LogP contribution in [-0.4, -0.2) is 49.4 Å². The minimum Gasteiger partial charge on any atom is -0.497 e. The van der Waals surface area contributed by atoms with E-state index in [0.29, 0.717) is 6.54 Å². The van der Waals surface area contributed by atoms with Crippen LogP contribution in [0, 0.1) is 0 Å². The van der Waals surface area contributed by atoms with Crippen molar-refractivity contribution in [2.75, 3.05) is 25.2 Å². The number of urea groups is 1. The predicted molar refractivity (Wildman–Crippen MR) is 103 cm³/mol. The van der Waals surface area contributed by atoms with E-state index < -0.39 is 9.84 Å². The monoisotopic (exact) mass is 408 g/mol. The van der Waals surface area contributed by atoms with E-state index in [9.17, 15) is 13.2 Å². The van der Waals surface area contributed by atoms with Gasteiger partial charge in [-0.15, -0.1) is 0 Å². The average Bonchev–Trinajstić information content (AvgIpc) is 2.92. The second-order valence-corrected chi connectivity index (χ2v) is 8.99. The van der Waals surface area contributed by atoms with Gasteiger partial charge in [-0.05, 0) is 30.5 Å². The molecule has 1 aromatic carbocycles. The molecule has 0 radical (unpaired) electrons. The van der Waals surface area contributed by atoms with Crippen LogP contribution >= 0.6 is 0 Å². The standard InChI is InChI=1S/C18H24N4O5S/c1-26-14-9-7-13(8-10-14)15-6-4-3-5-11-22(15)18(23)20-17-19-16(21-27-17)12-28(2,24)25/h7-10,15H,3-6,11-12H2,1-2H3,(H,19,20,21,23). The summed E-state index contributed by atoms with van der Waals surface area (Å²) in [5, 5.41) is 6.20. The fourth-order valence-corrected chi connectivity index (χ4v) is 3.87. The molecule has 1 unspecified atom stereocenters. The lowest BCUT2D eigenvalue weighted by Gasteiger charge is -2.30. The number of hydrogen-bond donors (Lipinski definition) is 1. The molecule has 0 saturated carbocycles. The number of rotatable bonds is 5. The summed E-state index contributed by atoms with van der Waals surface area (Å²) in [6.07, 6.45) is 4.92. The summed E-state index contributed by atoms with van der Waals surface area (Å²) in [7, 11) is -1.67. The van der Waals surface area contributed by atoms with Crippen LogP contribution in [0.1, 0.15) is 43.1 Å². The summed E-state index contributed by atoms with van der Waals surface area (Å²) < 4.78 is 32.9. The van der Waals surface area contributed by atoms with Gasteiger partial charge in [-0.25, -0.2) is 13.2 Å². The zero-order chi connectivity index (χ0) is 20.1. The predicted octanol–water partition coefficient (Wildman–Crippen LogP) is 2.77. The molecule has 0 spiro atoms. The molecule has 9 nitrogen and oxygen atoms in total. The summed E-state index contributed by atoms with van der Waals surface area (Å²) in [4.78, 5) is 18.6. The molecule has 152 valence electrons. The number of methoxy groups -OCH3 is 1. The lowest BCUT2D eigenvalue weighted by atomic mass is 10.0. The van der Waals surface area contributed by atoms with Crippen LogP contribution < -0.4 is 10.1 Å². The second-order valence-electron chi connectivity index (χ2n) is 6.85. The maximum Gasteiger partial charge on any atom is 0.329 e. The SMILES string of the molecule is COc1ccc(C2CCCCCN2C(=O)Nc2nc(CS(C)(=O)=O)no2)cc1. The van der Waals surface area contributed by atoms with Crippen LogP contribution in [0.2, 0.25) is 0 Å². The minimum atomic E-state index is -3.29. The number of hydrogen-bond acceptors (Lipinski definition) is 7. The molecule has 0 aliphatic carbocycles. The molecule has 3 rings (SSSR count). The highest BCUT2D eigenvalue weighted by Gasteiger charge is 2.28. The van der Waals surface area contributed by atoms with Crippen LogP contribution in [0.25, 0.3) is 0 Å². The summed E-state index contributed by atoms with van der Waals surface area (Å²) in [6.45, 7) is 0.604. The van der Waals surface area contributed by atoms with Crippen molar-refractivity contribution in [2.45, 2.75) is 37.5 Å². The molecular weight excluding hydrogens is 384 g/mol. The highest BCUT2D eigenvalue weighted by atomic mass is 32.2. The van der Waals surface area contributed by atoms with Gasteiger partial charge in [-0.3, -0.25) is 5.32 Å². The van der Waals surface area contributed by atoms with Gasteiger partial charge in [0.05, 0.1) is 13.2 Å². The summed E-state index contributed by atoms with van der Waals surface area (Å²) in [6, 6.07) is 7.15. The summed E-state index contributed by atoms with van der Waals surface area (Å²) in [5.41, 5.74) is 1.03. The Morgan fingerprint density at radius 2 is 2.04 bits per heavy atom. The van der Waals surface area contributed by atoms with Gasteiger partial charge in [0.25, 0.3) is 0 Å². The Hall–Kier alpha value is -2.62. The normalized spacial score (nSPS) is 17.8. The molecular formula is C18H24N4O5S. The third kappa shape index (κ3) is 5.22. The van der Waals surface area contributed by atoms with Crippen LogP contribution in [0.3, 0.4) is 0 Å². The van der Waals surface area contributed by atoms with E-state index in [1.165, 1.54) is 0 Å². The van der Waals surface area contributed by atoms with Crippen LogP contribution in [-0.2, 0) is 15.6 Å². The van der Waals surface area contributed by atoms with Gasteiger partial charge in [0.2, 0.25) is 0 Å². The molecule has 1 fully saturated rings. The zero-order valence-electron chi connectivity index (χ0n) is 15.9. The van der Waals surface area contributed by atoms with Gasteiger partial charge >= 0.3 is 12.0 Å². The number of anilines is 1. The molecule has 1 saturated heterocycles. The van der Waals surface area contributed by atoms with E-state index in [1.54, 1.807) is 12.0 Å². The maximum atomic E-state index is 12.9. The van der Waals surface area contributed by atoms with Crippen molar-refractivity contribution in [1.29, 1.82) is 0 Å². The Morgan fingerprint density at radius 3 is 2.71 bits per heavy atom. The number of carbonyl (C=O) groups excluding carboxylic acids is 1. The van der Waals surface area contributed by atoms with Gasteiger partial charge in [-0.2, -0.15) is 4.98 Å². The van der Waals surface area contributed by atoms with Gasteiger partial charge in [-0.1, -0.05) is 30.1 Å². The minimum absolute atomic E-state index is 0.0142. The van der Waals surface area contributed by atoms with Crippen molar-refractivity contribution >= 4 is 21.9 Å². The number of aromatic nitrogens is 2. The smallest absolute Gasteiger partial charge is 0.329 e. The van der Waals surface area contributed by atoms with E-state index in [0.717, 1.165) is 43.3 Å². The van der Waals surface area contributed by atoms with Crippen LogP contribution in [0.5, 0.6) is 5.75 Å². The first-order chi connectivity index (χ1) is 13.4. The van der Waals surface area contributed by atoms with E-state index in [-0.39, 0.29) is 29.7 Å². The van der Waals surface area contributed by atoms with Crippen molar-refractivity contribution in [3.05, 3.63) is 35.7 Å². The molecule has 28 heavy (non-hydrogen) atoms. The first-order valence-corrected chi connectivity index (χ1v) is 11.1. The molecule has 1 N–H and O–H groups in total. The number of ether oxygens (including phenoxy) is 1. The Labute approximate surface area is 164 Å². The summed E-state index contributed by atoms with van der Waals surface area (Å²) in [5.74, 6) is 0.433. The van der Waals surface area contributed by atoms with Gasteiger partial charge < -0.3 is 14.2 Å². The zero-order valence-corrected chi connectivity index (χ0v) is 16.7. The molecule has 0 bridgehead atoms. The molecule has 1 atom stereocenters. The fourth-order valence-electron chi connectivity index (χ4n) is 3.29. The van der Waals surface area contributed by atoms with Crippen molar-refractivity contribution in [3.8, 4) is 5.75 Å². The number of benzene rings is 1. The fraction of sp³-hybridized carbons (Fsp3) is 0.500. The Morgan fingerprint density at radius 1 is 1.29 bits per heavy atom. The lowest BCUT2D eigenvalue weighted by Crippen LogP contribution is -2.38. The molecule has 2 aromatic rings. The molecule has 1 aromatic heterocycles. The third-order valence-electron chi connectivity index (χ3n) is 4.59. The number of sulfone groups is 1. The number of carbonyl (C=O) groups is 1. The van der Waals surface area contributed by atoms with E-state index in [4.69, 9.17) is 9.26 Å². The maximum absolute atomic E-state index is 12.9. The number of likely N-dealkylation sites (tertiary alicyclic amines) is 1. The van der Waals surface area contributed by atoms with Crippen molar-refractivity contribution in [2.24, 2.45) is 0 Å². The van der Waals surface area contributed by atoms with Gasteiger partial charge in [0.1, 0.15) is 11.5 Å². The Kier molecular flexibility index (Phi) is 6.18. The van der Waals surface area contributed by atoms with Crippen molar-refractivity contribution < 1.29 is 22.5 Å². The quantitative estimate of drug-likeness (QED) is 0.809. The highest BCUT2D eigenvalue weighted by molar-refractivity contribution is 7.89. The van der Waals surface area contributed by atoms with E-state index >= 15 is 0 Å². The molecule has 1 aliphatic heterocycles. The molecule has 2 heterocycles. The van der Waals surface area contributed by atoms with Crippen molar-refractivity contribution in [1.82, 2.24) is 15.0 Å². The molecule has 1 aliphatic rings. The van der Waals surface area contributed by atoms with Crippen molar-refractivity contribution in [3.63, 3.8) is 0 Å². The average molecular weight is 408 g/mol. The number of amides is 2. The van der Waals surface area contributed by atoms with Crippen LogP contribution in [0.4, 0.5) is 10.8 Å². The Bertz CT molecular complexity index is 910. The third-order valence-corrected chi connectivity index (χ3v) is 5.37. The summed E-state index contributed by atoms with van der Waals surface area (Å²) >= 11 is 0. The largest absolute Gasteiger partial charge is 0.497 e. The molecule has 2 amide bonds. The lowest BCUT2D eigenvalue weighted by molar-refractivity contribution is 0.188. The van der Waals surface area contributed by atoms with E-state index in [2.05, 4.69) is 15.5 Å². The van der Waals surface area contributed by atoms with Gasteiger partial charge in [0.15, 0.2) is 15.7 Å². The second kappa shape index (κ2) is 8.59. The molecule has 10 heteroatoms. The Balaban J connectivity index is 1.75. The van der Waals surface area contributed by atoms with Crippen LogP contribution in [0.15, 0.2) is 28.8 Å². The first kappa shape index (κ1) is 20.1. The highest BCUT2D eigenvalue weighted by Crippen LogP contribution is 2.31. The van der Waals surface area contributed by atoms with E-state index in [1.807, 2.05) is 24.3 Å². The first-order valence-electron chi connectivity index (χ1n) is 9.07. The number of nitrogens with one attached hydrogen (secondary N) is 1.